The van der Waals surface area contributed by atoms with Crippen molar-refractivity contribution in [3.05, 3.63) is 101 Å². The first-order valence-electron chi connectivity index (χ1n) is 11.4. The van der Waals surface area contributed by atoms with Gasteiger partial charge in [-0.05, 0) is 66.9 Å². The summed E-state index contributed by atoms with van der Waals surface area (Å²) >= 11 is 0. The summed E-state index contributed by atoms with van der Waals surface area (Å²) in [5, 5.41) is 28.1. The minimum Gasteiger partial charge on any atom is -0.508 e. The van der Waals surface area contributed by atoms with Crippen LogP contribution in [0.15, 0.2) is 77.8 Å². The molecule has 0 bridgehead atoms. The Hall–Kier alpha value is -4.85. The molecule has 8 heteroatoms. The normalized spacial score (nSPS) is 11.4. The molecule has 0 aliphatic rings. The van der Waals surface area contributed by atoms with Crippen LogP contribution in [0.1, 0.15) is 32.9 Å². The number of fused-ring (bicyclic) bond motifs is 1. The van der Waals surface area contributed by atoms with Gasteiger partial charge in [0.15, 0.2) is 5.88 Å². The standard InChI is InChI=1S/C28H25N5O3/c1-17-11-26(33(2)32-17)28(36)30-21-7-3-5-18(13-21)12-19-9-10-25-23(14-19)24(27(35)31-25)16-29-20-6-4-8-22(34)15-20/h3-11,13-16,31,34-35H,12H2,1-2H3,(H,30,36). The summed E-state index contributed by atoms with van der Waals surface area (Å²) in [7, 11) is 1.75. The Labute approximate surface area is 207 Å². The highest BCUT2D eigenvalue weighted by Crippen LogP contribution is 2.29. The van der Waals surface area contributed by atoms with Crippen molar-refractivity contribution in [1.82, 2.24) is 14.8 Å². The van der Waals surface area contributed by atoms with E-state index in [0.29, 0.717) is 29.1 Å². The summed E-state index contributed by atoms with van der Waals surface area (Å²) in [6.45, 7) is 1.85. The summed E-state index contributed by atoms with van der Waals surface area (Å²) in [6.07, 6.45) is 2.22. The number of nitrogens with zero attached hydrogens (tertiary/aromatic N) is 3. The molecule has 0 spiro atoms. The van der Waals surface area contributed by atoms with E-state index in [1.807, 2.05) is 49.4 Å². The average Bonchev–Trinajstić information content (AvgIpc) is 3.34. The van der Waals surface area contributed by atoms with Crippen LogP contribution >= 0.6 is 0 Å². The van der Waals surface area contributed by atoms with Crippen molar-refractivity contribution in [2.24, 2.45) is 12.0 Å². The summed E-state index contributed by atoms with van der Waals surface area (Å²) < 4.78 is 1.57. The highest BCUT2D eigenvalue weighted by atomic mass is 16.3. The molecule has 0 saturated heterocycles. The van der Waals surface area contributed by atoms with E-state index < -0.39 is 0 Å². The molecule has 0 radical (unpaired) electrons. The molecule has 180 valence electrons. The van der Waals surface area contributed by atoms with Gasteiger partial charge in [-0.1, -0.05) is 24.3 Å². The van der Waals surface area contributed by atoms with Crippen molar-refractivity contribution in [3.8, 4) is 11.6 Å². The van der Waals surface area contributed by atoms with Gasteiger partial charge in [-0.25, -0.2) is 0 Å². The number of nitrogens with one attached hydrogen (secondary N) is 2. The smallest absolute Gasteiger partial charge is 0.273 e. The molecule has 5 rings (SSSR count). The quantitative estimate of drug-likeness (QED) is 0.250. The second-order valence-corrected chi connectivity index (χ2v) is 8.67. The molecule has 0 unspecified atom stereocenters. The molecule has 2 aromatic heterocycles. The van der Waals surface area contributed by atoms with E-state index in [2.05, 4.69) is 20.4 Å². The number of carbonyl (C=O) groups is 1. The number of rotatable bonds is 6. The number of H-pyrrole nitrogens is 1. The van der Waals surface area contributed by atoms with Gasteiger partial charge in [-0.15, -0.1) is 0 Å². The molecule has 36 heavy (non-hydrogen) atoms. The maximum atomic E-state index is 12.7. The fraction of sp³-hybridized carbons (Fsp3) is 0.107. The van der Waals surface area contributed by atoms with Gasteiger partial charge in [-0.3, -0.25) is 14.5 Å². The molecule has 0 saturated carbocycles. The zero-order valence-electron chi connectivity index (χ0n) is 19.9. The first kappa shape index (κ1) is 22.9. The van der Waals surface area contributed by atoms with Gasteiger partial charge < -0.3 is 20.5 Å². The van der Waals surface area contributed by atoms with Gasteiger partial charge in [0.2, 0.25) is 0 Å². The number of hydrogen-bond donors (Lipinski definition) is 4. The Morgan fingerprint density at radius 1 is 1.06 bits per heavy atom. The highest BCUT2D eigenvalue weighted by molar-refractivity contribution is 6.03. The molecule has 8 nitrogen and oxygen atoms in total. The third-order valence-electron chi connectivity index (χ3n) is 5.88. The largest absolute Gasteiger partial charge is 0.508 e. The van der Waals surface area contributed by atoms with Crippen LogP contribution in [0.25, 0.3) is 10.9 Å². The van der Waals surface area contributed by atoms with E-state index >= 15 is 0 Å². The molecule has 1 amide bonds. The predicted octanol–water partition coefficient (Wildman–Crippen LogP) is 5.21. The molecule has 3 aromatic carbocycles. The van der Waals surface area contributed by atoms with E-state index in [4.69, 9.17) is 0 Å². The number of anilines is 1. The van der Waals surface area contributed by atoms with E-state index in [1.54, 1.807) is 48.3 Å². The number of aliphatic imine (C=N–C) groups is 1. The first-order valence-corrected chi connectivity index (χ1v) is 11.4. The molecule has 0 atom stereocenters. The van der Waals surface area contributed by atoms with Gasteiger partial charge in [0.1, 0.15) is 11.4 Å². The molecule has 0 fully saturated rings. The Morgan fingerprint density at radius 3 is 2.64 bits per heavy atom. The van der Waals surface area contributed by atoms with Crippen LogP contribution in [0.3, 0.4) is 0 Å². The number of benzene rings is 3. The summed E-state index contributed by atoms with van der Waals surface area (Å²) in [5.41, 5.74) is 6.01. The zero-order chi connectivity index (χ0) is 25.2. The van der Waals surface area contributed by atoms with E-state index in [0.717, 1.165) is 27.7 Å². The maximum Gasteiger partial charge on any atom is 0.273 e. The molecule has 5 aromatic rings. The third kappa shape index (κ3) is 4.83. The van der Waals surface area contributed by atoms with Crippen molar-refractivity contribution in [2.45, 2.75) is 13.3 Å². The summed E-state index contributed by atoms with van der Waals surface area (Å²) in [5.74, 6) is -0.0553. The van der Waals surface area contributed by atoms with Crippen molar-refractivity contribution in [2.75, 3.05) is 5.32 Å². The molecular formula is C28H25N5O3. The van der Waals surface area contributed by atoms with Gasteiger partial charge in [0.25, 0.3) is 5.91 Å². The van der Waals surface area contributed by atoms with Crippen LogP contribution < -0.4 is 5.32 Å². The number of aromatic hydroxyl groups is 2. The Balaban J connectivity index is 1.37. The van der Waals surface area contributed by atoms with Crippen LogP contribution in [-0.4, -0.2) is 37.1 Å². The highest BCUT2D eigenvalue weighted by Gasteiger charge is 2.13. The Bertz CT molecular complexity index is 1610. The van der Waals surface area contributed by atoms with Gasteiger partial charge in [-0.2, -0.15) is 5.10 Å². The van der Waals surface area contributed by atoms with Crippen LogP contribution in [0.5, 0.6) is 11.6 Å². The number of aromatic amines is 1. The van der Waals surface area contributed by atoms with Crippen LogP contribution in [0.2, 0.25) is 0 Å². The molecule has 2 heterocycles. The minimum absolute atomic E-state index is 0.0289. The van der Waals surface area contributed by atoms with Gasteiger partial charge in [0.05, 0.1) is 16.9 Å². The summed E-state index contributed by atoms with van der Waals surface area (Å²) in [4.78, 5) is 20.0. The van der Waals surface area contributed by atoms with E-state index in [9.17, 15) is 15.0 Å². The van der Waals surface area contributed by atoms with Crippen LogP contribution in [0, 0.1) is 6.92 Å². The molecule has 0 aliphatic carbocycles. The average molecular weight is 480 g/mol. The number of aromatic nitrogens is 3. The topological polar surface area (TPSA) is 116 Å². The second kappa shape index (κ2) is 9.42. The van der Waals surface area contributed by atoms with Crippen molar-refractivity contribution in [1.29, 1.82) is 0 Å². The monoisotopic (exact) mass is 479 g/mol. The number of hydrogen-bond acceptors (Lipinski definition) is 5. The predicted molar refractivity (Wildman–Crippen MR) is 140 cm³/mol. The lowest BCUT2D eigenvalue weighted by molar-refractivity contribution is 0.101. The fourth-order valence-electron chi connectivity index (χ4n) is 4.21. The lowest BCUT2D eigenvalue weighted by Crippen LogP contribution is -2.16. The number of aryl methyl sites for hydroxylation is 2. The van der Waals surface area contributed by atoms with Gasteiger partial charge >= 0.3 is 0 Å². The zero-order valence-corrected chi connectivity index (χ0v) is 19.9. The molecule has 0 aliphatic heterocycles. The van der Waals surface area contributed by atoms with E-state index in [-0.39, 0.29) is 17.5 Å². The summed E-state index contributed by atoms with van der Waals surface area (Å²) in [6, 6.07) is 22.0. The number of carbonyl (C=O) groups excluding carboxylic acids is 1. The SMILES string of the molecule is Cc1cc(C(=O)Nc2cccc(Cc3ccc4[nH]c(O)c(C=Nc5cccc(O)c5)c4c3)c2)n(C)n1. The van der Waals surface area contributed by atoms with Gasteiger partial charge in [0, 0.05) is 35.9 Å². The van der Waals surface area contributed by atoms with E-state index in [1.165, 1.54) is 0 Å². The van der Waals surface area contributed by atoms with Crippen molar-refractivity contribution < 1.29 is 15.0 Å². The third-order valence-corrected chi connectivity index (χ3v) is 5.88. The second-order valence-electron chi connectivity index (χ2n) is 8.67. The Kier molecular flexibility index (Phi) is 6.00. The number of phenols is 1. The number of phenolic OH excluding ortho intramolecular Hbond substituents is 1. The minimum atomic E-state index is -0.213. The van der Waals surface area contributed by atoms with Crippen molar-refractivity contribution in [3.63, 3.8) is 0 Å². The molecular weight excluding hydrogens is 454 g/mol. The van der Waals surface area contributed by atoms with Crippen LogP contribution in [0.4, 0.5) is 11.4 Å². The van der Waals surface area contributed by atoms with Crippen molar-refractivity contribution >= 4 is 34.4 Å². The van der Waals surface area contributed by atoms with Crippen LogP contribution in [-0.2, 0) is 13.5 Å². The Morgan fingerprint density at radius 2 is 1.86 bits per heavy atom. The molecule has 4 N–H and O–H groups in total. The maximum absolute atomic E-state index is 12.7. The number of amides is 1. The lowest BCUT2D eigenvalue weighted by atomic mass is 10.0. The fourth-order valence-corrected chi connectivity index (χ4v) is 4.21. The first-order chi connectivity index (χ1) is 17.4. The lowest BCUT2D eigenvalue weighted by Gasteiger charge is -2.08.